The van der Waals surface area contributed by atoms with Gasteiger partial charge in [0.2, 0.25) is 0 Å². The van der Waals surface area contributed by atoms with E-state index in [0.29, 0.717) is 12.3 Å². The van der Waals surface area contributed by atoms with E-state index in [1.807, 2.05) is 32.0 Å². The summed E-state index contributed by atoms with van der Waals surface area (Å²) < 4.78 is 24.5. The lowest BCUT2D eigenvalue weighted by Gasteiger charge is -2.17. The third-order valence-corrected chi connectivity index (χ3v) is 4.18. The van der Waals surface area contributed by atoms with Crippen molar-refractivity contribution in [3.63, 3.8) is 0 Å². The zero-order chi connectivity index (χ0) is 20.0. The maximum absolute atomic E-state index is 12.8. The van der Waals surface area contributed by atoms with Crippen molar-refractivity contribution in [3.05, 3.63) is 59.4 Å². The maximum Gasteiger partial charge on any atom is 0.315 e. The fourth-order valence-corrected chi connectivity index (χ4v) is 2.90. The minimum atomic E-state index is -0.337. The minimum absolute atomic E-state index is 0.203. The molecular formula is C22H23FN2O3. The third-order valence-electron chi connectivity index (χ3n) is 4.18. The van der Waals surface area contributed by atoms with E-state index in [1.54, 1.807) is 12.1 Å². The normalized spacial score (nSPS) is 13.5. The Morgan fingerprint density at radius 2 is 1.96 bits per heavy atom. The third kappa shape index (κ3) is 5.40. The summed E-state index contributed by atoms with van der Waals surface area (Å²) in [6.07, 6.45) is 0.849. The van der Waals surface area contributed by atoms with E-state index in [4.69, 9.17) is 9.47 Å². The largest absolute Gasteiger partial charge is 0.483 e. The molecule has 0 saturated heterocycles. The lowest BCUT2D eigenvalue weighted by molar-refractivity contribution is 0.133. The van der Waals surface area contributed by atoms with Crippen LogP contribution in [0.4, 0.5) is 9.18 Å². The Bertz CT molecular complexity index is 898. The van der Waals surface area contributed by atoms with Crippen LogP contribution in [0.15, 0.2) is 42.5 Å². The molecule has 1 aliphatic rings. The number of hydrogen-bond acceptors (Lipinski definition) is 3. The van der Waals surface area contributed by atoms with Gasteiger partial charge in [-0.05, 0) is 37.6 Å². The fourth-order valence-electron chi connectivity index (χ4n) is 2.90. The van der Waals surface area contributed by atoms with Crippen LogP contribution in [-0.4, -0.2) is 24.8 Å². The highest BCUT2D eigenvalue weighted by molar-refractivity contribution is 5.74. The van der Waals surface area contributed by atoms with Crippen molar-refractivity contribution in [1.82, 2.24) is 10.6 Å². The number of hydrogen-bond donors (Lipinski definition) is 2. The molecule has 2 aromatic rings. The number of benzene rings is 2. The number of carbonyl (C=O) groups excluding carboxylic acids is 1. The molecule has 3 rings (SSSR count). The molecule has 0 saturated carbocycles. The Kier molecular flexibility index (Phi) is 6.05. The number of fused-ring (bicyclic) bond motifs is 1. The molecule has 0 aliphatic carbocycles. The second kappa shape index (κ2) is 8.66. The Hall–Kier alpha value is -3.20. The Morgan fingerprint density at radius 1 is 1.18 bits per heavy atom. The van der Waals surface area contributed by atoms with Crippen LogP contribution in [-0.2, 0) is 13.0 Å². The van der Waals surface area contributed by atoms with Crippen LogP contribution in [0.1, 0.15) is 25.0 Å². The molecule has 5 nitrogen and oxygen atoms in total. The van der Waals surface area contributed by atoms with Crippen molar-refractivity contribution >= 4 is 6.03 Å². The van der Waals surface area contributed by atoms with Gasteiger partial charge in [-0.25, -0.2) is 9.18 Å². The number of rotatable bonds is 5. The van der Waals surface area contributed by atoms with E-state index < -0.39 is 0 Å². The molecule has 0 unspecified atom stereocenters. The second-order valence-electron chi connectivity index (χ2n) is 7.09. The molecular weight excluding hydrogens is 359 g/mol. The van der Waals surface area contributed by atoms with Gasteiger partial charge >= 0.3 is 6.03 Å². The summed E-state index contributed by atoms with van der Waals surface area (Å²) >= 11 is 0. The van der Waals surface area contributed by atoms with Crippen LogP contribution in [0, 0.1) is 17.7 Å². The monoisotopic (exact) mass is 382 g/mol. The first-order valence-electron chi connectivity index (χ1n) is 9.08. The van der Waals surface area contributed by atoms with Crippen molar-refractivity contribution in [2.75, 3.05) is 13.2 Å². The molecule has 0 radical (unpaired) electrons. The number of halogens is 1. The molecule has 146 valence electrons. The molecule has 1 heterocycles. The maximum atomic E-state index is 12.8. The second-order valence-corrected chi connectivity index (χ2v) is 7.09. The first-order chi connectivity index (χ1) is 13.4. The summed E-state index contributed by atoms with van der Waals surface area (Å²) in [6.45, 7) is 4.82. The van der Waals surface area contributed by atoms with E-state index >= 15 is 0 Å². The van der Waals surface area contributed by atoms with Gasteiger partial charge in [0.1, 0.15) is 18.0 Å². The van der Waals surface area contributed by atoms with E-state index in [2.05, 4.69) is 22.5 Å². The topological polar surface area (TPSA) is 59.6 Å². The summed E-state index contributed by atoms with van der Waals surface area (Å²) in [5.41, 5.74) is 1.73. The number of ether oxygens (including phenoxy) is 2. The van der Waals surface area contributed by atoms with Crippen molar-refractivity contribution in [2.24, 2.45) is 0 Å². The quantitative estimate of drug-likeness (QED) is 0.779. The van der Waals surface area contributed by atoms with Crippen LogP contribution < -0.4 is 20.1 Å². The molecule has 0 aromatic heterocycles. The van der Waals surface area contributed by atoms with Gasteiger partial charge in [0.05, 0.1) is 6.54 Å². The lowest BCUT2D eigenvalue weighted by atomic mass is 10.0. The smallest absolute Gasteiger partial charge is 0.315 e. The van der Waals surface area contributed by atoms with Crippen molar-refractivity contribution < 1.29 is 18.7 Å². The molecule has 2 aromatic carbocycles. The van der Waals surface area contributed by atoms with Gasteiger partial charge in [0.25, 0.3) is 0 Å². The van der Waals surface area contributed by atoms with Crippen LogP contribution in [0.3, 0.4) is 0 Å². The molecule has 1 aliphatic heterocycles. The van der Waals surface area contributed by atoms with Gasteiger partial charge in [-0.15, -0.1) is 0 Å². The molecule has 0 atom stereocenters. The van der Waals surface area contributed by atoms with Gasteiger partial charge in [-0.3, -0.25) is 0 Å². The first kappa shape index (κ1) is 19.6. The van der Waals surface area contributed by atoms with Crippen LogP contribution in [0.2, 0.25) is 0 Å². The van der Waals surface area contributed by atoms with E-state index in [9.17, 15) is 9.18 Å². The SMILES string of the molecule is CC1(C)Cc2cccc(OCC#CCNC(=O)NCc3ccc(F)cc3)c2O1. The number of amides is 2. The van der Waals surface area contributed by atoms with E-state index in [-0.39, 0.29) is 30.6 Å². The Morgan fingerprint density at radius 3 is 2.75 bits per heavy atom. The summed E-state index contributed by atoms with van der Waals surface area (Å²) in [7, 11) is 0. The zero-order valence-electron chi connectivity index (χ0n) is 16.0. The first-order valence-corrected chi connectivity index (χ1v) is 9.08. The lowest BCUT2D eigenvalue weighted by Crippen LogP contribution is -2.35. The molecule has 0 spiro atoms. The average molecular weight is 382 g/mol. The van der Waals surface area contributed by atoms with E-state index in [0.717, 1.165) is 23.3 Å². The number of urea groups is 1. The van der Waals surface area contributed by atoms with Gasteiger partial charge in [-0.2, -0.15) is 0 Å². The Balaban J connectivity index is 1.38. The summed E-state index contributed by atoms with van der Waals surface area (Å²) in [5, 5.41) is 5.32. The van der Waals surface area contributed by atoms with Gasteiger partial charge < -0.3 is 20.1 Å². The van der Waals surface area contributed by atoms with Crippen molar-refractivity contribution in [3.8, 4) is 23.3 Å². The number of carbonyl (C=O) groups is 1. The van der Waals surface area contributed by atoms with Gasteiger partial charge in [0.15, 0.2) is 11.5 Å². The highest BCUT2D eigenvalue weighted by atomic mass is 19.1. The van der Waals surface area contributed by atoms with Crippen LogP contribution >= 0.6 is 0 Å². The highest BCUT2D eigenvalue weighted by Gasteiger charge is 2.32. The van der Waals surface area contributed by atoms with Crippen molar-refractivity contribution in [1.29, 1.82) is 0 Å². The summed E-state index contributed by atoms with van der Waals surface area (Å²) in [4.78, 5) is 11.7. The van der Waals surface area contributed by atoms with Gasteiger partial charge in [0, 0.05) is 18.5 Å². The standard InChI is InChI=1S/C22H23FN2O3/c1-22(2)14-17-6-5-7-19(20(17)28-22)27-13-4-3-12-24-21(26)25-15-16-8-10-18(23)11-9-16/h5-11H,12-15H2,1-2H3,(H2,24,25,26). The van der Waals surface area contributed by atoms with E-state index in [1.165, 1.54) is 12.1 Å². The van der Waals surface area contributed by atoms with Gasteiger partial charge in [-0.1, -0.05) is 36.1 Å². The van der Waals surface area contributed by atoms with Crippen LogP contribution in [0.5, 0.6) is 11.5 Å². The molecule has 28 heavy (non-hydrogen) atoms. The fraction of sp³-hybridized carbons (Fsp3) is 0.318. The number of para-hydroxylation sites is 1. The molecule has 2 amide bonds. The Labute approximate surface area is 164 Å². The molecule has 2 N–H and O–H groups in total. The van der Waals surface area contributed by atoms with Crippen molar-refractivity contribution in [2.45, 2.75) is 32.4 Å². The number of nitrogens with one attached hydrogen (secondary N) is 2. The average Bonchev–Trinajstić information content (AvgIpc) is 2.98. The zero-order valence-corrected chi connectivity index (χ0v) is 16.0. The summed E-state index contributed by atoms with van der Waals surface area (Å²) in [6, 6.07) is 11.5. The predicted molar refractivity (Wildman–Crippen MR) is 105 cm³/mol. The molecule has 0 fully saturated rings. The van der Waals surface area contributed by atoms with Crippen LogP contribution in [0.25, 0.3) is 0 Å². The predicted octanol–water partition coefficient (Wildman–Crippen LogP) is 3.42. The summed E-state index contributed by atoms with van der Waals surface area (Å²) in [5.74, 6) is 6.87. The highest BCUT2D eigenvalue weighted by Crippen LogP contribution is 2.41. The molecule has 0 bridgehead atoms. The molecule has 6 heteroatoms. The minimum Gasteiger partial charge on any atom is -0.483 e.